The summed E-state index contributed by atoms with van der Waals surface area (Å²) in [5, 5.41) is 0. The highest BCUT2D eigenvalue weighted by molar-refractivity contribution is 5.98. The second kappa shape index (κ2) is 11.6. The first kappa shape index (κ1) is 26.2. The van der Waals surface area contributed by atoms with Crippen molar-refractivity contribution < 1.29 is 4.57 Å². The largest absolute Gasteiger partial charge is 0.399 e. The van der Waals surface area contributed by atoms with E-state index in [1.165, 1.54) is 33.4 Å². The number of hydrogen-bond donors (Lipinski definition) is 1. The Kier molecular flexibility index (Phi) is 7.09. The fourth-order valence-corrected chi connectivity index (χ4v) is 5.83. The van der Waals surface area contributed by atoms with E-state index in [0.717, 1.165) is 33.8 Å². The first-order chi connectivity index (χ1) is 21.3. The molecule has 1 aromatic heterocycles. The smallest absolute Gasteiger partial charge is 0.226 e. The number of rotatable bonds is 6. The maximum atomic E-state index is 5.95. The number of nitrogens with two attached hydrogens (primary N) is 1. The lowest BCUT2D eigenvalue weighted by molar-refractivity contribution is -0.582. The van der Waals surface area contributed by atoms with E-state index >= 15 is 0 Å². The maximum Gasteiger partial charge on any atom is 0.226 e. The average Bonchev–Trinajstić information content (AvgIpc) is 3.09. The summed E-state index contributed by atoms with van der Waals surface area (Å²) in [5.74, 6) is 0. The molecule has 0 unspecified atom stereocenters. The number of anilines is 1. The quantitative estimate of drug-likeness (QED) is 0.162. The molecule has 0 aliphatic carbocycles. The van der Waals surface area contributed by atoms with E-state index in [4.69, 9.17) is 5.73 Å². The van der Waals surface area contributed by atoms with Crippen molar-refractivity contribution in [1.29, 1.82) is 0 Å². The molecule has 0 bridgehead atoms. The fourth-order valence-electron chi connectivity index (χ4n) is 5.83. The van der Waals surface area contributed by atoms with Gasteiger partial charge >= 0.3 is 0 Å². The number of benzene rings is 6. The summed E-state index contributed by atoms with van der Waals surface area (Å²) in [6.45, 7) is 0. The third-order valence-corrected chi connectivity index (χ3v) is 7.90. The van der Waals surface area contributed by atoms with Crippen LogP contribution in [0.25, 0.3) is 61.5 Å². The normalized spacial score (nSPS) is 10.9. The van der Waals surface area contributed by atoms with Crippen LogP contribution in [0.2, 0.25) is 0 Å². The molecule has 43 heavy (non-hydrogen) atoms. The number of aromatic nitrogens is 1. The van der Waals surface area contributed by atoms with Gasteiger partial charge in [0.15, 0.2) is 6.20 Å². The van der Waals surface area contributed by atoms with Crippen molar-refractivity contribution in [3.05, 3.63) is 176 Å². The Bertz CT molecular complexity index is 1960. The van der Waals surface area contributed by atoms with E-state index in [2.05, 4.69) is 168 Å². The topological polar surface area (TPSA) is 29.9 Å². The van der Waals surface area contributed by atoms with Gasteiger partial charge in [-0.1, -0.05) is 121 Å². The SMILES string of the molecule is Nc1ccc(-c2ccc(-[n+]3cc(-c4ccccc4)c(-c4ccccc4)c(-c4ccccc4)c3-c3ccccc3)cc2)cc1. The Morgan fingerprint density at radius 3 is 1.28 bits per heavy atom. The Balaban J connectivity index is 1.58. The molecular weight excluding hydrogens is 520 g/mol. The first-order valence-electron chi connectivity index (χ1n) is 14.6. The van der Waals surface area contributed by atoms with Gasteiger partial charge in [0, 0.05) is 28.9 Å². The predicted molar refractivity (Wildman–Crippen MR) is 180 cm³/mol. The average molecular weight is 552 g/mol. The van der Waals surface area contributed by atoms with Crippen LogP contribution >= 0.6 is 0 Å². The number of pyridine rings is 1. The zero-order valence-electron chi connectivity index (χ0n) is 23.8. The summed E-state index contributed by atoms with van der Waals surface area (Å²) in [6, 6.07) is 59.8. The summed E-state index contributed by atoms with van der Waals surface area (Å²) in [7, 11) is 0. The molecule has 0 saturated heterocycles. The van der Waals surface area contributed by atoms with Crippen LogP contribution in [-0.2, 0) is 0 Å². The van der Waals surface area contributed by atoms with Crippen LogP contribution in [0.4, 0.5) is 5.69 Å². The van der Waals surface area contributed by atoms with E-state index in [0.29, 0.717) is 0 Å². The van der Waals surface area contributed by atoms with Gasteiger partial charge in [0.25, 0.3) is 0 Å². The van der Waals surface area contributed by atoms with Gasteiger partial charge in [-0.25, -0.2) is 0 Å². The monoisotopic (exact) mass is 551 g/mol. The van der Waals surface area contributed by atoms with Gasteiger partial charge in [-0.15, -0.1) is 0 Å². The van der Waals surface area contributed by atoms with Crippen molar-refractivity contribution in [2.24, 2.45) is 0 Å². The molecule has 0 saturated carbocycles. The zero-order chi connectivity index (χ0) is 29.0. The van der Waals surface area contributed by atoms with E-state index in [1.54, 1.807) is 0 Å². The molecule has 0 amide bonds. The van der Waals surface area contributed by atoms with E-state index in [-0.39, 0.29) is 0 Å². The molecule has 204 valence electrons. The van der Waals surface area contributed by atoms with Crippen molar-refractivity contribution in [3.63, 3.8) is 0 Å². The molecule has 6 aromatic carbocycles. The van der Waals surface area contributed by atoms with Crippen LogP contribution in [0, 0.1) is 0 Å². The lowest BCUT2D eigenvalue weighted by atomic mass is 9.85. The predicted octanol–water partition coefficient (Wildman–Crippen LogP) is 9.88. The molecule has 7 rings (SSSR count). The van der Waals surface area contributed by atoms with Crippen molar-refractivity contribution in [2.75, 3.05) is 5.73 Å². The Morgan fingerprint density at radius 1 is 0.349 bits per heavy atom. The molecule has 0 spiro atoms. The van der Waals surface area contributed by atoms with Crippen LogP contribution in [0.15, 0.2) is 176 Å². The van der Waals surface area contributed by atoms with Gasteiger partial charge < -0.3 is 5.73 Å². The number of hydrogen-bond acceptors (Lipinski definition) is 1. The third-order valence-electron chi connectivity index (χ3n) is 7.90. The molecular formula is C41H31N2+. The van der Waals surface area contributed by atoms with Gasteiger partial charge in [-0.3, -0.25) is 0 Å². The first-order valence-corrected chi connectivity index (χ1v) is 14.6. The molecule has 0 radical (unpaired) electrons. The van der Waals surface area contributed by atoms with Crippen molar-refractivity contribution >= 4 is 5.69 Å². The third kappa shape index (κ3) is 5.23. The van der Waals surface area contributed by atoms with Crippen LogP contribution in [0.3, 0.4) is 0 Å². The molecule has 1 heterocycles. The molecule has 2 nitrogen and oxygen atoms in total. The summed E-state index contributed by atoms with van der Waals surface area (Å²) < 4.78 is 2.36. The minimum absolute atomic E-state index is 0.767. The second-order valence-electron chi connectivity index (χ2n) is 10.6. The molecule has 0 aliphatic rings. The molecule has 7 aromatic rings. The Labute approximate surface area is 253 Å². The Hall–Kier alpha value is -5.73. The summed E-state index contributed by atoms with van der Waals surface area (Å²) >= 11 is 0. The minimum atomic E-state index is 0.767. The van der Waals surface area contributed by atoms with E-state index < -0.39 is 0 Å². The molecule has 0 fully saturated rings. The van der Waals surface area contributed by atoms with Gasteiger partial charge in [0.1, 0.15) is 0 Å². The number of nitrogens with zero attached hydrogens (tertiary/aromatic N) is 1. The van der Waals surface area contributed by atoms with Gasteiger partial charge in [0.05, 0.1) is 11.1 Å². The standard InChI is InChI=1S/C41H31N2/c42-36-25-21-30(22-26-36)31-23-27-37(28-24-31)43-29-38(32-13-5-1-6-14-32)39(33-15-7-2-8-16-33)40(34-17-9-3-10-18-34)41(43)35-19-11-4-12-20-35/h1-29H,42H2/q+1. The highest BCUT2D eigenvalue weighted by atomic mass is 15.0. The summed E-state index contributed by atoms with van der Waals surface area (Å²) in [6.07, 6.45) is 2.31. The van der Waals surface area contributed by atoms with Crippen LogP contribution < -0.4 is 10.3 Å². The highest BCUT2D eigenvalue weighted by Gasteiger charge is 2.29. The van der Waals surface area contributed by atoms with E-state index in [1.807, 2.05) is 12.1 Å². The summed E-state index contributed by atoms with van der Waals surface area (Å²) in [4.78, 5) is 0. The zero-order valence-corrected chi connectivity index (χ0v) is 23.8. The van der Waals surface area contributed by atoms with Crippen LogP contribution in [0.1, 0.15) is 0 Å². The highest BCUT2D eigenvalue weighted by Crippen LogP contribution is 2.44. The lowest BCUT2D eigenvalue weighted by Gasteiger charge is -2.19. The molecule has 2 heteroatoms. The van der Waals surface area contributed by atoms with Gasteiger partial charge in [-0.05, 0) is 64.2 Å². The fraction of sp³-hybridized carbons (Fsp3) is 0. The molecule has 2 N–H and O–H groups in total. The number of nitrogen functional groups attached to an aromatic ring is 1. The summed E-state index contributed by atoms with van der Waals surface area (Å²) in [5.41, 5.74) is 19.5. The molecule has 0 atom stereocenters. The van der Waals surface area contributed by atoms with Gasteiger partial charge in [-0.2, -0.15) is 4.57 Å². The second-order valence-corrected chi connectivity index (χ2v) is 10.6. The van der Waals surface area contributed by atoms with Crippen molar-refractivity contribution in [1.82, 2.24) is 0 Å². The van der Waals surface area contributed by atoms with Crippen molar-refractivity contribution in [2.45, 2.75) is 0 Å². The van der Waals surface area contributed by atoms with E-state index in [9.17, 15) is 0 Å². The van der Waals surface area contributed by atoms with Crippen LogP contribution in [0.5, 0.6) is 0 Å². The van der Waals surface area contributed by atoms with Crippen LogP contribution in [-0.4, -0.2) is 0 Å². The Morgan fingerprint density at radius 2 is 0.767 bits per heavy atom. The van der Waals surface area contributed by atoms with Crippen molar-refractivity contribution in [3.8, 4) is 61.5 Å². The maximum absolute atomic E-state index is 5.95. The molecule has 0 aliphatic heterocycles. The van der Waals surface area contributed by atoms with Gasteiger partial charge in [0.2, 0.25) is 11.4 Å². The minimum Gasteiger partial charge on any atom is -0.399 e. The lowest BCUT2D eigenvalue weighted by Crippen LogP contribution is -2.34.